The zero-order valence-corrected chi connectivity index (χ0v) is 11.7. The van der Waals surface area contributed by atoms with Crippen molar-refractivity contribution < 1.29 is 0 Å². The maximum Gasteiger partial charge on any atom is 0.0205 e. The lowest BCUT2D eigenvalue weighted by Gasteiger charge is -2.26. The fourth-order valence-electron chi connectivity index (χ4n) is 2.42. The molecule has 0 aliphatic heterocycles. The van der Waals surface area contributed by atoms with Gasteiger partial charge < -0.3 is 11.1 Å². The number of halogens is 1. The summed E-state index contributed by atoms with van der Waals surface area (Å²) < 4.78 is 1.14. The molecule has 1 aliphatic carbocycles. The van der Waals surface area contributed by atoms with E-state index in [1.54, 1.807) is 0 Å². The quantitative estimate of drug-likeness (QED) is 0.896. The highest BCUT2D eigenvalue weighted by Gasteiger charge is 2.17. The van der Waals surface area contributed by atoms with Gasteiger partial charge in [0.05, 0.1) is 0 Å². The summed E-state index contributed by atoms with van der Waals surface area (Å²) in [6.45, 7) is 2.10. The molecule has 0 spiro atoms. The molecule has 0 atom stereocenters. The van der Waals surface area contributed by atoms with Gasteiger partial charge in [-0.15, -0.1) is 0 Å². The summed E-state index contributed by atoms with van der Waals surface area (Å²) in [4.78, 5) is 0. The van der Waals surface area contributed by atoms with Crippen molar-refractivity contribution in [3.8, 4) is 0 Å². The van der Waals surface area contributed by atoms with Gasteiger partial charge in [0.15, 0.2) is 0 Å². The molecular formula is C14H21BrN2. The van der Waals surface area contributed by atoms with Crippen LogP contribution in [0.25, 0.3) is 0 Å². The second kappa shape index (κ2) is 6.53. The van der Waals surface area contributed by atoms with Crippen LogP contribution in [0.1, 0.15) is 31.2 Å². The van der Waals surface area contributed by atoms with E-state index in [2.05, 4.69) is 45.5 Å². The highest BCUT2D eigenvalue weighted by Crippen LogP contribution is 2.22. The van der Waals surface area contributed by atoms with Crippen LogP contribution in [-0.2, 0) is 6.54 Å². The van der Waals surface area contributed by atoms with Crippen molar-refractivity contribution in [2.75, 3.05) is 6.54 Å². The molecule has 94 valence electrons. The lowest BCUT2D eigenvalue weighted by atomic mass is 9.86. The summed E-state index contributed by atoms with van der Waals surface area (Å²) >= 11 is 3.45. The normalized spacial score (nSPS) is 24.8. The number of nitrogens with two attached hydrogens (primary N) is 1. The van der Waals surface area contributed by atoms with Crippen molar-refractivity contribution in [3.63, 3.8) is 0 Å². The van der Waals surface area contributed by atoms with E-state index < -0.39 is 0 Å². The Kier molecular flexibility index (Phi) is 5.01. The molecule has 1 aromatic rings. The van der Waals surface area contributed by atoms with E-state index in [4.69, 9.17) is 5.73 Å². The van der Waals surface area contributed by atoms with Crippen molar-refractivity contribution in [2.24, 2.45) is 11.7 Å². The average Bonchev–Trinajstić information content (AvgIpc) is 2.34. The van der Waals surface area contributed by atoms with Crippen LogP contribution in [0.15, 0.2) is 28.7 Å². The Morgan fingerprint density at radius 1 is 1.12 bits per heavy atom. The largest absolute Gasteiger partial charge is 0.328 e. The van der Waals surface area contributed by atoms with Gasteiger partial charge in [-0.1, -0.05) is 28.1 Å². The summed E-state index contributed by atoms with van der Waals surface area (Å²) in [6, 6.07) is 8.97. The fourth-order valence-corrected chi connectivity index (χ4v) is 2.68. The zero-order chi connectivity index (χ0) is 12.1. The molecule has 1 saturated carbocycles. The van der Waals surface area contributed by atoms with Crippen LogP contribution < -0.4 is 11.1 Å². The molecule has 0 aromatic heterocycles. The Labute approximate surface area is 112 Å². The standard InChI is InChI=1S/C14H21BrN2/c15-13-5-1-11(2-6-13)9-17-10-12-3-7-14(16)8-4-12/h1-2,5-6,12,14,17H,3-4,7-10,16H2. The number of hydrogen-bond acceptors (Lipinski definition) is 2. The molecule has 3 N–H and O–H groups in total. The third-order valence-electron chi connectivity index (χ3n) is 3.57. The summed E-state index contributed by atoms with van der Waals surface area (Å²) in [5, 5.41) is 3.55. The Balaban J connectivity index is 1.67. The van der Waals surface area contributed by atoms with Crippen LogP contribution in [0.3, 0.4) is 0 Å². The molecule has 1 aromatic carbocycles. The SMILES string of the molecule is NC1CCC(CNCc2ccc(Br)cc2)CC1. The highest BCUT2D eigenvalue weighted by atomic mass is 79.9. The van der Waals surface area contributed by atoms with Crippen molar-refractivity contribution in [1.29, 1.82) is 0 Å². The summed E-state index contributed by atoms with van der Waals surface area (Å²) in [5.74, 6) is 0.824. The maximum atomic E-state index is 5.91. The van der Waals surface area contributed by atoms with E-state index in [1.165, 1.54) is 31.2 Å². The first-order valence-electron chi connectivity index (χ1n) is 6.45. The lowest BCUT2D eigenvalue weighted by Crippen LogP contribution is -2.31. The maximum absolute atomic E-state index is 5.91. The summed E-state index contributed by atoms with van der Waals surface area (Å²) in [5.41, 5.74) is 7.25. The predicted octanol–water partition coefficient (Wildman–Crippen LogP) is 3.06. The van der Waals surface area contributed by atoms with Gasteiger partial charge in [0.2, 0.25) is 0 Å². The first kappa shape index (κ1) is 13.1. The summed E-state index contributed by atoms with van der Waals surface area (Å²) in [6.07, 6.45) is 4.97. The van der Waals surface area contributed by atoms with Gasteiger partial charge in [-0.2, -0.15) is 0 Å². The number of hydrogen-bond donors (Lipinski definition) is 2. The Morgan fingerprint density at radius 3 is 2.41 bits per heavy atom. The Morgan fingerprint density at radius 2 is 1.76 bits per heavy atom. The van der Waals surface area contributed by atoms with E-state index in [0.29, 0.717) is 6.04 Å². The van der Waals surface area contributed by atoms with Crippen LogP contribution in [0.5, 0.6) is 0 Å². The highest BCUT2D eigenvalue weighted by molar-refractivity contribution is 9.10. The van der Waals surface area contributed by atoms with Crippen LogP contribution >= 0.6 is 15.9 Å². The van der Waals surface area contributed by atoms with Crippen LogP contribution in [0, 0.1) is 5.92 Å². The second-order valence-corrected chi connectivity index (χ2v) is 5.95. The van der Waals surface area contributed by atoms with E-state index in [9.17, 15) is 0 Å². The Hall–Kier alpha value is -0.380. The molecule has 1 fully saturated rings. The molecule has 0 bridgehead atoms. The van der Waals surface area contributed by atoms with Gasteiger partial charge in [0, 0.05) is 17.1 Å². The van der Waals surface area contributed by atoms with Gasteiger partial charge in [0.25, 0.3) is 0 Å². The Bertz CT molecular complexity index is 329. The molecule has 3 heteroatoms. The second-order valence-electron chi connectivity index (χ2n) is 5.04. The molecule has 0 unspecified atom stereocenters. The first-order valence-corrected chi connectivity index (χ1v) is 7.24. The molecule has 0 heterocycles. The molecule has 0 radical (unpaired) electrons. The molecule has 1 aliphatic rings. The molecule has 0 saturated heterocycles. The minimum Gasteiger partial charge on any atom is -0.328 e. The van der Waals surface area contributed by atoms with E-state index in [0.717, 1.165) is 23.5 Å². The first-order chi connectivity index (χ1) is 8.24. The van der Waals surface area contributed by atoms with E-state index in [1.807, 2.05) is 0 Å². The smallest absolute Gasteiger partial charge is 0.0205 e. The molecule has 2 nitrogen and oxygen atoms in total. The molecule has 0 amide bonds. The van der Waals surface area contributed by atoms with Crippen molar-refractivity contribution in [2.45, 2.75) is 38.3 Å². The average molecular weight is 297 g/mol. The minimum atomic E-state index is 0.456. The lowest BCUT2D eigenvalue weighted by molar-refractivity contribution is 0.314. The molecule has 2 rings (SSSR count). The third-order valence-corrected chi connectivity index (χ3v) is 4.10. The van der Waals surface area contributed by atoms with E-state index in [-0.39, 0.29) is 0 Å². The fraction of sp³-hybridized carbons (Fsp3) is 0.571. The van der Waals surface area contributed by atoms with Gasteiger partial charge in [-0.25, -0.2) is 0 Å². The van der Waals surface area contributed by atoms with Gasteiger partial charge in [0.1, 0.15) is 0 Å². The zero-order valence-electron chi connectivity index (χ0n) is 10.2. The van der Waals surface area contributed by atoms with Crippen LogP contribution in [0.2, 0.25) is 0 Å². The van der Waals surface area contributed by atoms with Crippen LogP contribution in [-0.4, -0.2) is 12.6 Å². The monoisotopic (exact) mass is 296 g/mol. The molecular weight excluding hydrogens is 276 g/mol. The van der Waals surface area contributed by atoms with Gasteiger partial charge in [-0.3, -0.25) is 0 Å². The van der Waals surface area contributed by atoms with Crippen LogP contribution in [0.4, 0.5) is 0 Å². The topological polar surface area (TPSA) is 38.0 Å². The van der Waals surface area contributed by atoms with Crippen molar-refractivity contribution >= 4 is 15.9 Å². The van der Waals surface area contributed by atoms with Gasteiger partial charge >= 0.3 is 0 Å². The number of nitrogens with one attached hydrogen (secondary N) is 1. The summed E-state index contributed by atoms with van der Waals surface area (Å²) in [7, 11) is 0. The van der Waals surface area contributed by atoms with E-state index >= 15 is 0 Å². The predicted molar refractivity (Wildman–Crippen MR) is 75.8 cm³/mol. The van der Waals surface area contributed by atoms with Gasteiger partial charge in [-0.05, 0) is 55.8 Å². The van der Waals surface area contributed by atoms with Crippen molar-refractivity contribution in [1.82, 2.24) is 5.32 Å². The number of rotatable bonds is 4. The minimum absolute atomic E-state index is 0.456. The van der Waals surface area contributed by atoms with Crippen molar-refractivity contribution in [3.05, 3.63) is 34.3 Å². The molecule has 17 heavy (non-hydrogen) atoms. The third kappa shape index (κ3) is 4.41. The number of benzene rings is 1.